The molecule has 0 saturated heterocycles. The summed E-state index contributed by atoms with van der Waals surface area (Å²) in [5, 5.41) is 5.66. The zero-order valence-electron chi connectivity index (χ0n) is 17.3. The van der Waals surface area contributed by atoms with Crippen LogP contribution in [-0.4, -0.2) is 21.4 Å². The Morgan fingerprint density at radius 2 is 1.53 bits per heavy atom. The van der Waals surface area contributed by atoms with E-state index in [1.54, 1.807) is 90.7 Å². The Morgan fingerprint density at radius 1 is 0.875 bits per heavy atom. The minimum Gasteiger partial charge on any atom is -0.338 e. The molecule has 4 aromatic rings. The number of nitrogens with zero attached hydrogens (tertiary/aromatic N) is 2. The molecule has 0 unspecified atom stereocenters. The predicted octanol–water partition coefficient (Wildman–Crippen LogP) is 4.33. The van der Waals surface area contributed by atoms with Gasteiger partial charge in [0.1, 0.15) is 17.7 Å². The van der Waals surface area contributed by atoms with E-state index in [0.717, 1.165) is 0 Å². The first-order valence-electron chi connectivity index (χ1n) is 10.0. The lowest BCUT2D eigenvalue weighted by Crippen LogP contribution is -2.31. The standard InChI is InChI=1S/C25H21FN4O2/c1-30-16-15-27-23(30)22(20-9-5-6-10-21(20)26)29-25(32)18-11-13-19(14-12-18)28-24(31)17-7-3-2-4-8-17/h2-16,22H,1H3,(H,28,31)(H,29,32)/t22-/m1/s1. The maximum atomic E-state index is 14.5. The number of carbonyl (C=O) groups is 2. The van der Waals surface area contributed by atoms with Gasteiger partial charge in [0.25, 0.3) is 11.8 Å². The number of halogens is 1. The molecule has 0 fully saturated rings. The Kier molecular flexibility index (Phi) is 6.07. The third kappa shape index (κ3) is 4.57. The number of hydrogen-bond acceptors (Lipinski definition) is 3. The van der Waals surface area contributed by atoms with Gasteiger partial charge in [0.15, 0.2) is 0 Å². The molecule has 2 N–H and O–H groups in total. The summed E-state index contributed by atoms with van der Waals surface area (Å²) >= 11 is 0. The monoisotopic (exact) mass is 428 g/mol. The molecule has 0 aliphatic heterocycles. The molecule has 0 spiro atoms. The van der Waals surface area contributed by atoms with Gasteiger partial charge >= 0.3 is 0 Å². The molecule has 1 heterocycles. The van der Waals surface area contributed by atoms with E-state index >= 15 is 0 Å². The lowest BCUT2D eigenvalue weighted by Gasteiger charge is -2.20. The zero-order valence-corrected chi connectivity index (χ0v) is 17.3. The third-order valence-corrected chi connectivity index (χ3v) is 5.05. The molecule has 1 aromatic heterocycles. The van der Waals surface area contributed by atoms with Crippen molar-refractivity contribution in [3.63, 3.8) is 0 Å². The highest BCUT2D eigenvalue weighted by Gasteiger charge is 2.24. The number of amides is 2. The molecule has 3 aromatic carbocycles. The number of rotatable bonds is 6. The van der Waals surface area contributed by atoms with Crippen LogP contribution in [0.15, 0.2) is 91.3 Å². The molecule has 2 amide bonds. The zero-order chi connectivity index (χ0) is 22.5. The summed E-state index contributed by atoms with van der Waals surface area (Å²) in [4.78, 5) is 29.5. The van der Waals surface area contributed by atoms with E-state index < -0.39 is 11.9 Å². The molecule has 32 heavy (non-hydrogen) atoms. The summed E-state index contributed by atoms with van der Waals surface area (Å²) < 4.78 is 16.2. The number of anilines is 1. The quantitative estimate of drug-likeness (QED) is 0.480. The number of benzene rings is 3. The second-order valence-electron chi connectivity index (χ2n) is 7.22. The molecule has 0 aliphatic carbocycles. The van der Waals surface area contributed by atoms with Crippen LogP contribution in [0.3, 0.4) is 0 Å². The van der Waals surface area contributed by atoms with Crippen molar-refractivity contribution in [2.75, 3.05) is 5.32 Å². The van der Waals surface area contributed by atoms with Gasteiger partial charge in [0, 0.05) is 41.8 Å². The Labute approximate surface area is 184 Å². The third-order valence-electron chi connectivity index (χ3n) is 5.05. The highest BCUT2D eigenvalue weighted by molar-refractivity contribution is 6.04. The first kappa shape index (κ1) is 21.0. The fraction of sp³-hybridized carbons (Fsp3) is 0.0800. The van der Waals surface area contributed by atoms with E-state index in [4.69, 9.17) is 0 Å². The van der Waals surface area contributed by atoms with Gasteiger partial charge in [-0.2, -0.15) is 0 Å². The summed E-state index contributed by atoms with van der Waals surface area (Å²) in [6.07, 6.45) is 3.33. The van der Waals surface area contributed by atoms with Crippen molar-refractivity contribution in [2.45, 2.75) is 6.04 Å². The number of carbonyl (C=O) groups excluding carboxylic acids is 2. The molecular weight excluding hydrogens is 407 g/mol. The molecule has 6 nitrogen and oxygen atoms in total. The maximum Gasteiger partial charge on any atom is 0.255 e. The summed E-state index contributed by atoms with van der Waals surface area (Å²) in [5.74, 6) is -0.547. The molecule has 160 valence electrons. The van der Waals surface area contributed by atoms with Crippen LogP contribution in [0.1, 0.15) is 38.1 Å². The van der Waals surface area contributed by atoms with Gasteiger partial charge in [-0.15, -0.1) is 0 Å². The van der Waals surface area contributed by atoms with E-state index in [1.807, 2.05) is 6.07 Å². The fourth-order valence-corrected chi connectivity index (χ4v) is 3.36. The second kappa shape index (κ2) is 9.26. The smallest absolute Gasteiger partial charge is 0.255 e. The minimum absolute atomic E-state index is 0.239. The molecule has 0 bridgehead atoms. The molecular formula is C25H21FN4O2. The molecule has 7 heteroatoms. The fourth-order valence-electron chi connectivity index (χ4n) is 3.36. The van der Waals surface area contributed by atoms with Gasteiger partial charge in [0.05, 0.1) is 0 Å². The number of aryl methyl sites for hydroxylation is 1. The highest BCUT2D eigenvalue weighted by Crippen LogP contribution is 2.24. The Hall–Kier alpha value is -4.26. The largest absolute Gasteiger partial charge is 0.338 e. The van der Waals surface area contributed by atoms with Gasteiger partial charge in [-0.3, -0.25) is 9.59 Å². The van der Waals surface area contributed by atoms with E-state index in [-0.39, 0.29) is 11.8 Å². The van der Waals surface area contributed by atoms with Crippen LogP contribution in [0.5, 0.6) is 0 Å². The Balaban J connectivity index is 1.52. The average Bonchev–Trinajstić information content (AvgIpc) is 3.24. The van der Waals surface area contributed by atoms with Crippen molar-refractivity contribution >= 4 is 17.5 Å². The first-order valence-corrected chi connectivity index (χ1v) is 10.0. The maximum absolute atomic E-state index is 14.5. The topological polar surface area (TPSA) is 76.0 Å². The second-order valence-corrected chi connectivity index (χ2v) is 7.22. The number of aromatic nitrogens is 2. The SMILES string of the molecule is Cn1ccnc1[C@H](NC(=O)c1ccc(NC(=O)c2ccccc2)cc1)c1ccccc1F. The van der Waals surface area contributed by atoms with Crippen LogP contribution in [0, 0.1) is 5.82 Å². The van der Waals surface area contributed by atoms with Crippen LogP contribution in [-0.2, 0) is 7.05 Å². The van der Waals surface area contributed by atoms with E-state index in [1.165, 1.54) is 6.07 Å². The van der Waals surface area contributed by atoms with Crippen molar-refractivity contribution < 1.29 is 14.0 Å². The van der Waals surface area contributed by atoms with Crippen molar-refractivity contribution in [1.82, 2.24) is 14.9 Å². The van der Waals surface area contributed by atoms with Crippen molar-refractivity contribution in [1.29, 1.82) is 0 Å². The summed E-state index contributed by atoms with van der Waals surface area (Å²) in [6.45, 7) is 0. The normalized spacial score (nSPS) is 11.6. The van der Waals surface area contributed by atoms with Crippen molar-refractivity contribution in [3.05, 3.63) is 120 Å². The van der Waals surface area contributed by atoms with Crippen LogP contribution < -0.4 is 10.6 Å². The average molecular weight is 428 g/mol. The molecule has 1 atom stereocenters. The number of hydrogen-bond donors (Lipinski definition) is 2. The summed E-state index contributed by atoms with van der Waals surface area (Å²) in [6, 6.07) is 20.9. The number of imidazole rings is 1. The highest BCUT2D eigenvalue weighted by atomic mass is 19.1. The van der Waals surface area contributed by atoms with Gasteiger partial charge in [-0.1, -0.05) is 36.4 Å². The van der Waals surface area contributed by atoms with Gasteiger partial charge in [0.2, 0.25) is 0 Å². The van der Waals surface area contributed by atoms with E-state index in [0.29, 0.717) is 28.2 Å². The van der Waals surface area contributed by atoms with Crippen LogP contribution in [0.25, 0.3) is 0 Å². The summed E-state index contributed by atoms with van der Waals surface area (Å²) in [5.41, 5.74) is 1.79. The molecule has 0 aliphatic rings. The van der Waals surface area contributed by atoms with E-state index in [9.17, 15) is 14.0 Å². The lowest BCUT2D eigenvalue weighted by molar-refractivity contribution is 0.0940. The van der Waals surface area contributed by atoms with Gasteiger partial charge < -0.3 is 15.2 Å². The molecule has 0 radical (unpaired) electrons. The van der Waals surface area contributed by atoms with Crippen LogP contribution in [0.4, 0.5) is 10.1 Å². The number of nitrogens with one attached hydrogen (secondary N) is 2. The van der Waals surface area contributed by atoms with Crippen LogP contribution in [0.2, 0.25) is 0 Å². The minimum atomic E-state index is -0.763. The summed E-state index contributed by atoms with van der Waals surface area (Å²) in [7, 11) is 1.78. The van der Waals surface area contributed by atoms with Gasteiger partial charge in [-0.25, -0.2) is 9.37 Å². The lowest BCUT2D eigenvalue weighted by atomic mass is 10.0. The molecule has 4 rings (SSSR count). The Bertz CT molecular complexity index is 1240. The van der Waals surface area contributed by atoms with Crippen LogP contribution >= 0.6 is 0 Å². The molecule has 0 saturated carbocycles. The van der Waals surface area contributed by atoms with E-state index in [2.05, 4.69) is 15.6 Å². The van der Waals surface area contributed by atoms with Gasteiger partial charge in [-0.05, 0) is 42.5 Å². The van der Waals surface area contributed by atoms with Crippen molar-refractivity contribution in [3.8, 4) is 0 Å². The van der Waals surface area contributed by atoms with Crippen molar-refractivity contribution in [2.24, 2.45) is 7.05 Å². The first-order chi connectivity index (χ1) is 15.5. The predicted molar refractivity (Wildman–Crippen MR) is 120 cm³/mol. The Morgan fingerprint density at radius 3 is 2.19 bits per heavy atom.